The van der Waals surface area contributed by atoms with E-state index in [1.54, 1.807) is 60.7 Å². The highest BCUT2D eigenvalue weighted by molar-refractivity contribution is 9.10. The highest BCUT2D eigenvalue weighted by Gasteiger charge is 2.43. The van der Waals surface area contributed by atoms with E-state index in [1.165, 1.54) is 7.11 Å². The molecule has 1 aliphatic rings. The minimum Gasteiger partial charge on any atom is -0.493 e. The fourth-order valence-corrected chi connectivity index (χ4v) is 4.46. The van der Waals surface area contributed by atoms with Crippen LogP contribution in [0.5, 0.6) is 11.5 Å². The lowest BCUT2D eigenvalue weighted by molar-refractivity contribution is 0.0701. The van der Waals surface area contributed by atoms with Crippen LogP contribution in [0.4, 0.5) is 0 Å². The summed E-state index contributed by atoms with van der Waals surface area (Å²) in [5, 5.41) is 0.399. The molecule has 1 atom stereocenters. The van der Waals surface area contributed by atoms with Gasteiger partial charge in [0.15, 0.2) is 16.9 Å². The van der Waals surface area contributed by atoms with Crippen molar-refractivity contribution in [3.05, 3.63) is 92.1 Å². The van der Waals surface area contributed by atoms with Crippen LogP contribution in [0.15, 0.2) is 72.9 Å². The number of hydrogen-bond acceptors (Lipinski definition) is 6. The lowest BCUT2D eigenvalue weighted by Gasteiger charge is -2.25. The second-order valence-electron chi connectivity index (χ2n) is 7.34. The number of benzene rings is 2. The molecular formula is C24H18BrNO6. The smallest absolute Gasteiger partial charge is 0.291 e. The van der Waals surface area contributed by atoms with Gasteiger partial charge in [-0.15, -0.1) is 0 Å². The summed E-state index contributed by atoms with van der Waals surface area (Å²) in [5.74, 6) is 1.30. The molecule has 1 amide bonds. The Morgan fingerprint density at radius 3 is 2.56 bits per heavy atom. The van der Waals surface area contributed by atoms with Crippen LogP contribution in [0.25, 0.3) is 11.0 Å². The molecule has 0 aliphatic carbocycles. The Kier molecular flexibility index (Phi) is 5.01. The van der Waals surface area contributed by atoms with E-state index >= 15 is 0 Å². The normalized spacial score (nSPS) is 15.3. The molecule has 0 saturated heterocycles. The number of carbonyl (C=O) groups is 1. The number of rotatable bonds is 5. The van der Waals surface area contributed by atoms with Crippen molar-refractivity contribution < 1.29 is 23.1 Å². The molecule has 2 aromatic carbocycles. The maximum Gasteiger partial charge on any atom is 0.291 e. The Morgan fingerprint density at radius 1 is 1.03 bits per heavy atom. The van der Waals surface area contributed by atoms with Crippen molar-refractivity contribution in [1.29, 1.82) is 0 Å². The van der Waals surface area contributed by atoms with Gasteiger partial charge < -0.3 is 23.2 Å². The van der Waals surface area contributed by atoms with Gasteiger partial charge in [0.25, 0.3) is 5.91 Å². The van der Waals surface area contributed by atoms with Crippen LogP contribution in [0.1, 0.15) is 33.5 Å². The Bertz CT molecular complexity index is 1390. The standard InChI is InChI=1S/C24H18BrNO6/c1-29-18-7-5-13(10-19(18)30-2)21-20-22(27)16-11-14(25)6-8-17(16)32-23(20)24(28)26(21)12-15-4-3-9-31-15/h3-11,21H,12H2,1-2H3/t21-/m1/s1. The average Bonchev–Trinajstić information content (AvgIpc) is 3.41. The topological polar surface area (TPSA) is 82.1 Å². The van der Waals surface area contributed by atoms with E-state index in [0.717, 1.165) is 4.47 Å². The van der Waals surface area contributed by atoms with Crippen molar-refractivity contribution in [3.8, 4) is 11.5 Å². The molecule has 0 bridgehead atoms. The summed E-state index contributed by atoms with van der Waals surface area (Å²) in [4.78, 5) is 28.6. The molecule has 2 aromatic heterocycles. The van der Waals surface area contributed by atoms with Crippen molar-refractivity contribution >= 4 is 32.8 Å². The van der Waals surface area contributed by atoms with Crippen LogP contribution in [0, 0.1) is 0 Å². The molecule has 162 valence electrons. The highest BCUT2D eigenvalue weighted by Crippen LogP contribution is 2.41. The van der Waals surface area contributed by atoms with E-state index in [4.69, 9.17) is 18.3 Å². The van der Waals surface area contributed by atoms with Crippen molar-refractivity contribution in [2.24, 2.45) is 0 Å². The van der Waals surface area contributed by atoms with Gasteiger partial charge in [-0.2, -0.15) is 0 Å². The van der Waals surface area contributed by atoms with Gasteiger partial charge in [-0.1, -0.05) is 22.0 Å². The van der Waals surface area contributed by atoms with Crippen LogP contribution >= 0.6 is 15.9 Å². The van der Waals surface area contributed by atoms with Crippen LogP contribution < -0.4 is 14.9 Å². The molecule has 5 rings (SSSR count). The second kappa shape index (κ2) is 7.87. The molecule has 0 fully saturated rings. The zero-order valence-electron chi connectivity index (χ0n) is 17.3. The largest absolute Gasteiger partial charge is 0.493 e. The number of ether oxygens (including phenoxy) is 2. The summed E-state index contributed by atoms with van der Waals surface area (Å²) in [6, 6.07) is 13.3. The predicted molar refractivity (Wildman–Crippen MR) is 120 cm³/mol. The first-order valence-electron chi connectivity index (χ1n) is 9.83. The van der Waals surface area contributed by atoms with Gasteiger partial charge >= 0.3 is 0 Å². The van der Waals surface area contributed by atoms with Gasteiger partial charge in [0.05, 0.1) is 44.0 Å². The molecule has 4 aromatic rings. The maximum absolute atomic E-state index is 13.6. The SMILES string of the molecule is COc1ccc([C@@H]2c3c(oc4ccc(Br)cc4c3=O)C(=O)N2Cc2ccco2)cc1OC. The van der Waals surface area contributed by atoms with Crippen LogP contribution in [-0.4, -0.2) is 25.0 Å². The Hall–Kier alpha value is -3.52. The van der Waals surface area contributed by atoms with Crippen LogP contribution in [-0.2, 0) is 6.54 Å². The van der Waals surface area contributed by atoms with E-state index in [1.807, 2.05) is 6.07 Å². The molecule has 0 unspecified atom stereocenters. The maximum atomic E-state index is 13.6. The average molecular weight is 496 g/mol. The minimum atomic E-state index is -0.679. The third-order valence-electron chi connectivity index (χ3n) is 5.56. The van der Waals surface area contributed by atoms with Crippen molar-refractivity contribution in [2.75, 3.05) is 14.2 Å². The zero-order chi connectivity index (χ0) is 22.4. The molecule has 0 saturated carbocycles. The van der Waals surface area contributed by atoms with E-state index in [0.29, 0.717) is 39.4 Å². The van der Waals surface area contributed by atoms with Gasteiger partial charge in [-0.05, 0) is 48.0 Å². The van der Waals surface area contributed by atoms with Crippen molar-refractivity contribution in [2.45, 2.75) is 12.6 Å². The summed E-state index contributed by atoms with van der Waals surface area (Å²) >= 11 is 3.40. The predicted octanol–water partition coefficient (Wildman–Crippen LogP) is 4.91. The number of hydrogen-bond donors (Lipinski definition) is 0. The van der Waals surface area contributed by atoms with Crippen LogP contribution in [0.2, 0.25) is 0 Å². The summed E-state index contributed by atoms with van der Waals surface area (Å²) < 4.78 is 23.0. The van der Waals surface area contributed by atoms with Gasteiger partial charge in [-0.25, -0.2) is 0 Å². The Balaban J connectivity index is 1.75. The molecule has 1 aliphatic heterocycles. The van der Waals surface area contributed by atoms with E-state index in [9.17, 15) is 9.59 Å². The summed E-state index contributed by atoms with van der Waals surface area (Å²) in [5.41, 5.74) is 1.09. The molecular weight excluding hydrogens is 478 g/mol. The lowest BCUT2D eigenvalue weighted by atomic mass is 9.98. The summed E-state index contributed by atoms with van der Waals surface area (Å²) in [6.07, 6.45) is 1.55. The number of nitrogens with zero attached hydrogens (tertiary/aromatic N) is 1. The highest BCUT2D eigenvalue weighted by atomic mass is 79.9. The molecule has 32 heavy (non-hydrogen) atoms. The number of amides is 1. The lowest BCUT2D eigenvalue weighted by Crippen LogP contribution is -2.29. The summed E-state index contributed by atoms with van der Waals surface area (Å²) in [7, 11) is 3.09. The fraction of sp³-hybridized carbons (Fsp3) is 0.167. The molecule has 3 heterocycles. The zero-order valence-corrected chi connectivity index (χ0v) is 18.8. The third kappa shape index (κ3) is 3.18. The molecule has 0 spiro atoms. The Labute approximate surface area is 191 Å². The minimum absolute atomic E-state index is 0.0381. The van der Waals surface area contributed by atoms with Gasteiger partial charge in [0.2, 0.25) is 5.76 Å². The van der Waals surface area contributed by atoms with Crippen LogP contribution in [0.3, 0.4) is 0 Å². The number of furan rings is 1. The second-order valence-corrected chi connectivity index (χ2v) is 8.26. The monoisotopic (exact) mass is 495 g/mol. The van der Waals surface area contributed by atoms with E-state index < -0.39 is 6.04 Å². The fourth-order valence-electron chi connectivity index (χ4n) is 4.10. The molecule has 0 N–H and O–H groups in total. The first kappa shape index (κ1) is 20.4. The van der Waals surface area contributed by atoms with E-state index in [2.05, 4.69) is 15.9 Å². The molecule has 7 nitrogen and oxygen atoms in total. The number of halogens is 1. The number of methoxy groups -OCH3 is 2. The number of carbonyl (C=O) groups excluding carboxylic acids is 1. The van der Waals surface area contributed by atoms with Gasteiger partial charge in [0.1, 0.15) is 11.3 Å². The third-order valence-corrected chi connectivity index (χ3v) is 6.05. The first-order chi connectivity index (χ1) is 15.5. The first-order valence-corrected chi connectivity index (χ1v) is 10.6. The van der Waals surface area contributed by atoms with Gasteiger partial charge in [0, 0.05) is 4.47 Å². The van der Waals surface area contributed by atoms with Crippen molar-refractivity contribution in [3.63, 3.8) is 0 Å². The Morgan fingerprint density at radius 2 is 1.84 bits per heavy atom. The molecule has 0 radical (unpaired) electrons. The molecule has 8 heteroatoms. The number of fused-ring (bicyclic) bond motifs is 2. The van der Waals surface area contributed by atoms with Crippen molar-refractivity contribution in [1.82, 2.24) is 4.90 Å². The summed E-state index contributed by atoms with van der Waals surface area (Å²) in [6.45, 7) is 0.175. The van der Waals surface area contributed by atoms with E-state index in [-0.39, 0.29) is 23.6 Å². The quantitative estimate of drug-likeness (QED) is 0.391. The van der Waals surface area contributed by atoms with Gasteiger partial charge in [-0.3, -0.25) is 9.59 Å².